The number of sulfone groups is 1. The van der Waals surface area contributed by atoms with Crippen LogP contribution in [0.5, 0.6) is 0 Å². The van der Waals surface area contributed by atoms with Crippen LogP contribution in [-0.4, -0.2) is 25.1 Å². The number of fused-ring (bicyclic) bond motifs is 1. The third kappa shape index (κ3) is 3.84. The van der Waals surface area contributed by atoms with Gasteiger partial charge in [0, 0.05) is 5.02 Å². The van der Waals surface area contributed by atoms with Crippen molar-refractivity contribution in [1.29, 1.82) is 0 Å². The monoisotopic (exact) mass is 394 g/mol. The van der Waals surface area contributed by atoms with Crippen molar-refractivity contribution in [1.82, 2.24) is 4.98 Å². The third-order valence-corrected chi connectivity index (χ3v) is 6.67. The molecule has 5 nitrogen and oxygen atoms in total. The van der Waals surface area contributed by atoms with Crippen molar-refractivity contribution in [2.75, 3.05) is 11.1 Å². The quantitative estimate of drug-likeness (QED) is 0.726. The number of aryl methyl sites for hydroxylation is 2. The lowest BCUT2D eigenvalue weighted by atomic mass is 10.2. The smallest absolute Gasteiger partial charge is 0.241 e. The molecule has 2 aromatic carbocycles. The predicted molar refractivity (Wildman–Crippen MR) is 101 cm³/mol. The number of amides is 1. The Morgan fingerprint density at radius 2 is 1.84 bits per heavy atom. The second-order valence-electron chi connectivity index (χ2n) is 5.66. The average molecular weight is 395 g/mol. The standard InChI is InChI=1S/C17H15ClN2O3S2/c1-10-3-5-12(6-4-10)25(22,23)9-15(21)19-17-20-16-11(2)13(18)7-8-14(16)24-17/h3-8H,9H2,1-2H3,(H,19,20,21). The lowest BCUT2D eigenvalue weighted by Crippen LogP contribution is -2.22. The second-order valence-corrected chi connectivity index (χ2v) is 9.09. The first kappa shape index (κ1) is 17.8. The van der Waals surface area contributed by atoms with Crippen LogP contribution in [0.4, 0.5) is 5.13 Å². The van der Waals surface area contributed by atoms with Gasteiger partial charge in [0.2, 0.25) is 5.91 Å². The highest BCUT2D eigenvalue weighted by Crippen LogP contribution is 2.31. The summed E-state index contributed by atoms with van der Waals surface area (Å²) in [5.41, 5.74) is 2.48. The molecule has 3 rings (SSSR count). The Kier molecular flexibility index (Phi) is 4.81. The van der Waals surface area contributed by atoms with E-state index in [2.05, 4.69) is 10.3 Å². The SMILES string of the molecule is Cc1ccc(S(=O)(=O)CC(=O)Nc2nc3c(C)c(Cl)ccc3s2)cc1. The van der Waals surface area contributed by atoms with Crippen LogP contribution in [0.15, 0.2) is 41.3 Å². The maximum Gasteiger partial charge on any atom is 0.241 e. The van der Waals surface area contributed by atoms with Gasteiger partial charge < -0.3 is 5.32 Å². The van der Waals surface area contributed by atoms with Crippen molar-refractivity contribution >= 4 is 54.0 Å². The molecule has 0 atom stereocenters. The van der Waals surface area contributed by atoms with E-state index >= 15 is 0 Å². The molecule has 8 heteroatoms. The van der Waals surface area contributed by atoms with Crippen LogP contribution in [0.3, 0.4) is 0 Å². The number of carbonyl (C=O) groups excluding carboxylic acids is 1. The summed E-state index contributed by atoms with van der Waals surface area (Å²) in [7, 11) is -3.70. The molecule has 1 aromatic heterocycles. The minimum absolute atomic E-state index is 0.125. The van der Waals surface area contributed by atoms with Gasteiger partial charge in [-0.25, -0.2) is 13.4 Å². The molecule has 0 radical (unpaired) electrons. The lowest BCUT2D eigenvalue weighted by Gasteiger charge is -2.04. The zero-order chi connectivity index (χ0) is 18.2. The molecule has 1 amide bonds. The van der Waals surface area contributed by atoms with Crippen molar-refractivity contribution in [2.45, 2.75) is 18.7 Å². The fraction of sp³-hybridized carbons (Fsp3) is 0.176. The Bertz CT molecular complexity index is 1060. The molecule has 0 bridgehead atoms. The molecule has 0 unspecified atom stereocenters. The highest BCUT2D eigenvalue weighted by molar-refractivity contribution is 7.92. The number of aromatic nitrogens is 1. The van der Waals surface area contributed by atoms with E-state index in [1.54, 1.807) is 18.2 Å². The summed E-state index contributed by atoms with van der Waals surface area (Å²) in [5, 5.41) is 3.51. The average Bonchev–Trinajstić information content (AvgIpc) is 2.94. The maximum atomic E-state index is 12.3. The number of thiazole rings is 1. The Hall–Kier alpha value is -1.96. The number of rotatable bonds is 4. The first-order valence-corrected chi connectivity index (χ1v) is 10.3. The maximum absolute atomic E-state index is 12.3. The number of anilines is 1. The van der Waals surface area contributed by atoms with Gasteiger partial charge in [-0.2, -0.15) is 0 Å². The zero-order valence-corrected chi connectivity index (χ0v) is 15.9. The van der Waals surface area contributed by atoms with Crippen molar-refractivity contribution in [3.05, 3.63) is 52.5 Å². The predicted octanol–water partition coefficient (Wildman–Crippen LogP) is 3.98. The summed E-state index contributed by atoms with van der Waals surface area (Å²) in [6.07, 6.45) is 0. The van der Waals surface area contributed by atoms with E-state index in [9.17, 15) is 13.2 Å². The first-order chi connectivity index (χ1) is 11.8. The number of nitrogens with one attached hydrogen (secondary N) is 1. The Balaban J connectivity index is 1.78. The number of halogens is 1. The molecule has 1 N–H and O–H groups in total. The van der Waals surface area contributed by atoms with E-state index in [0.717, 1.165) is 15.8 Å². The Labute approximate surface area is 154 Å². The van der Waals surface area contributed by atoms with E-state index in [1.807, 2.05) is 19.9 Å². The third-order valence-electron chi connectivity index (χ3n) is 3.70. The first-order valence-electron chi connectivity index (χ1n) is 7.41. The largest absolute Gasteiger partial charge is 0.301 e. The fourth-order valence-electron chi connectivity index (χ4n) is 2.31. The molecule has 0 spiro atoms. The number of nitrogens with zero attached hydrogens (tertiary/aromatic N) is 1. The number of benzene rings is 2. The number of carbonyl (C=O) groups is 1. The number of hydrogen-bond acceptors (Lipinski definition) is 5. The van der Waals surface area contributed by atoms with E-state index in [4.69, 9.17) is 11.6 Å². The minimum atomic E-state index is -3.70. The van der Waals surface area contributed by atoms with Crippen LogP contribution in [0, 0.1) is 13.8 Å². The van der Waals surface area contributed by atoms with Crippen molar-refractivity contribution in [3.63, 3.8) is 0 Å². The summed E-state index contributed by atoms with van der Waals surface area (Å²) in [6, 6.07) is 9.99. The summed E-state index contributed by atoms with van der Waals surface area (Å²) in [6.45, 7) is 3.71. The molecule has 130 valence electrons. The summed E-state index contributed by atoms with van der Waals surface area (Å²) >= 11 is 7.34. The van der Waals surface area contributed by atoms with E-state index in [0.29, 0.717) is 15.7 Å². The van der Waals surface area contributed by atoms with Crippen LogP contribution >= 0.6 is 22.9 Å². The van der Waals surface area contributed by atoms with Crippen LogP contribution in [0.2, 0.25) is 5.02 Å². The molecular weight excluding hydrogens is 380 g/mol. The molecule has 0 aliphatic rings. The van der Waals surface area contributed by atoms with Gasteiger partial charge in [0.1, 0.15) is 5.75 Å². The van der Waals surface area contributed by atoms with Gasteiger partial charge in [0.25, 0.3) is 0 Å². The van der Waals surface area contributed by atoms with Gasteiger partial charge in [-0.3, -0.25) is 4.79 Å². The van der Waals surface area contributed by atoms with Crippen LogP contribution in [0.25, 0.3) is 10.2 Å². The second kappa shape index (κ2) is 6.74. The van der Waals surface area contributed by atoms with Crippen molar-refractivity contribution < 1.29 is 13.2 Å². The molecule has 0 saturated carbocycles. The van der Waals surface area contributed by atoms with Crippen LogP contribution in [-0.2, 0) is 14.6 Å². The summed E-state index contributed by atoms with van der Waals surface area (Å²) in [4.78, 5) is 16.6. The van der Waals surface area contributed by atoms with Gasteiger partial charge in [-0.05, 0) is 43.7 Å². The zero-order valence-electron chi connectivity index (χ0n) is 13.5. The Morgan fingerprint density at radius 3 is 2.52 bits per heavy atom. The highest BCUT2D eigenvalue weighted by atomic mass is 35.5. The molecule has 0 aliphatic carbocycles. The highest BCUT2D eigenvalue weighted by Gasteiger charge is 2.20. The molecule has 0 fully saturated rings. The van der Waals surface area contributed by atoms with E-state index in [1.165, 1.54) is 23.5 Å². The van der Waals surface area contributed by atoms with Gasteiger partial charge in [0.05, 0.1) is 15.1 Å². The van der Waals surface area contributed by atoms with Gasteiger partial charge in [0.15, 0.2) is 15.0 Å². The van der Waals surface area contributed by atoms with E-state index < -0.39 is 21.5 Å². The fourth-order valence-corrected chi connectivity index (χ4v) is 4.54. The lowest BCUT2D eigenvalue weighted by molar-refractivity contribution is -0.113. The van der Waals surface area contributed by atoms with E-state index in [-0.39, 0.29) is 4.90 Å². The van der Waals surface area contributed by atoms with Crippen LogP contribution < -0.4 is 5.32 Å². The summed E-state index contributed by atoms with van der Waals surface area (Å²) in [5.74, 6) is -1.26. The van der Waals surface area contributed by atoms with Gasteiger partial charge in [-0.15, -0.1) is 0 Å². The minimum Gasteiger partial charge on any atom is -0.301 e. The molecule has 3 aromatic rings. The molecule has 0 saturated heterocycles. The molecule has 0 aliphatic heterocycles. The number of hydrogen-bond donors (Lipinski definition) is 1. The summed E-state index contributed by atoms with van der Waals surface area (Å²) < 4.78 is 25.5. The Morgan fingerprint density at radius 1 is 1.16 bits per heavy atom. The normalized spacial score (nSPS) is 11.6. The van der Waals surface area contributed by atoms with Crippen molar-refractivity contribution in [2.24, 2.45) is 0 Å². The molecule has 1 heterocycles. The topological polar surface area (TPSA) is 76.1 Å². The molecule has 25 heavy (non-hydrogen) atoms. The van der Waals surface area contributed by atoms with Crippen LogP contribution in [0.1, 0.15) is 11.1 Å². The van der Waals surface area contributed by atoms with Crippen molar-refractivity contribution in [3.8, 4) is 0 Å². The van der Waals surface area contributed by atoms with Gasteiger partial charge >= 0.3 is 0 Å². The van der Waals surface area contributed by atoms with Gasteiger partial charge in [-0.1, -0.05) is 40.6 Å². The molecular formula is C17H15ClN2O3S2.